The minimum atomic E-state index is -2.02. The van der Waals surface area contributed by atoms with Crippen molar-refractivity contribution in [2.45, 2.75) is 99.0 Å². The first-order chi connectivity index (χ1) is 25.1. The van der Waals surface area contributed by atoms with Crippen molar-refractivity contribution >= 4 is 11.0 Å². The molecule has 0 unspecified atom stereocenters. The van der Waals surface area contributed by atoms with Gasteiger partial charge in [0.15, 0.2) is 23.2 Å². The zero-order valence-electron chi connectivity index (χ0n) is 27.7. The van der Waals surface area contributed by atoms with Crippen LogP contribution in [0.1, 0.15) is 6.92 Å². The summed E-state index contributed by atoms with van der Waals surface area (Å²) in [5.74, 6) is -2.29. The average Bonchev–Trinajstić information content (AvgIpc) is 3.13. The summed E-state index contributed by atoms with van der Waals surface area (Å²) >= 11 is 0. The number of rotatable bonds is 9. The molecule has 20 heteroatoms. The molecule has 0 bridgehead atoms. The Hall–Kier alpha value is -3.71. The van der Waals surface area contributed by atoms with Gasteiger partial charge in [-0.25, -0.2) is 0 Å². The molecule has 3 fully saturated rings. The molecular formula is C33H40O20. The highest BCUT2D eigenvalue weighted by Crippen LogP contribution is 2.45. The molecule has 53 heavy (non-hydrogen) atoms. The van der Waals surface area contributed by atoms with Gasteiger partial charge in [-0.3, -0.25) is 4.79 Å². The van der Waals surface area contributed by atoms with Gasteiger partial charge >= 0.3 is 0 Å². The van der Waals surface area contributed by atoms with Crippen molar-refractivity contribution in [3.05, 3.63) is 46.6 Å². The predicted molar refractivity (Wildman–Crippen MR) is 171 cm³/mol. The number of phenols is 2. The van der Waals surface area contributed by atoms with Crippen molar-refractivity contribution in [2.75, 3.05) is 13.2 Å². The number of hydrogen-bond acceptors (Lipinski definition) is 20. The summed E-state index contributed by atoms with van der Waals surface area (Å²) in [6, 6.07) is 7.65. The minimum Gasteiger partial charge on any atom is -0.508 e. The Morgan fingerprint density at radius 3 is 1.81 bits per heavy atom. The third kappa shape index (κ3) is 7.39. The molecule has 6 rings (SSSR count). The normalized spacial score (nSPS) is 37.8. The fraction of sp³-hybridized carbons (Fsp3) is 0.545. The average molecular weight is 757 g/mol. The number of aliphatic hydroxyl groups is 10. The Bertz CT molecular complexity index is 1780. The highest BCUT2D eigenvalue weighted by molar-refractivity contribution is 5.89. The van der Waals surface area contributed by atoms with Gasteiger partial charge in [0.05, 0.1) is 19.3 Å². The summed E-state index contributed by atoms with van der Waals surface area (Å²) in [6.07, 6.45) is -25.8. The van der Waals surface area contributed by atoms with Crippen molar-refractivity contribution < 1.29 is 94.1 Å². The third-order valence-electron chi connectivity index (χ3n) is 9.31. The number of aliphatic hydroxyl groups excluding tert-OH is 10. The van der Waals surface area contributed by atoms with Crippen LogP contribution in [0.3, 0.4) is 0 Å². The Balaban J connectivity index is 1.34. The Morgan fingerprint density at radius 2 is 1.21 bits per heavy atom. The predicted octanol–water partition coefficient (Wildman–Crippen LogP) is -3.92. The molecule has 2 aromatic carbocycles. The maximum Gasteiger partial charge on any atom is 0.229 e. The molecule has 0 aliphatic carbocycles. The quantitative estimate of drug-likeness (QED) is 0.0992. The summed E-state index contributed by atoms with van der Waals surface area (Å²) in [6.45, 7) is -0.223. The Kier molecular flexibility index (Phi) is 11.5. The lowest BCUT2D eigenvalue weighted by Crippen LogP contribution is -2.64. The van der Waals surface area contributed by atoms with Crippen molar-refractivity contribution in [2.24, 2.45) is 0 Å². The summed E-state index contributed by atoms with van der Waals surface area (Å²) in [4.78, 5) is 13.4. The van der Waals surface area contributed by atoms with Crippen LogP contribution in [-0.4, -0.2) is 167 Å². The highest BCUT2D eigenvalue weighted by atomic mass is 16.7. The molecule has 1 aromatic heterocycles. The minimum absolute atomic E-state index is 0.0113. The largest absolute Gasteiger partial charge is 0.508 e. The molecule has 3 aromatic rings. The van der Waals surface area contributed by atoms with Crippen LogP contribution in [0.4, 0.5) is 0 Å². The number of benzene rings is 2. The molecule has 0 radical (unpaired) electrons. The molecule has 12 N–H and O–H groups in total. The van der Waals surface area contributed by atoms with Gasteiger partial charge < -0.3 is 94.1 Å². The number of fused-ring (bicyclic) bond motifs is 1. The zero-order valence-corrected chi connectivity index (χ0v) is 27.7. The van der Waals surface area contributed by atoms with Gasteiger partial charge in [-0.05, 0) is 31.2 Å². The second kappa shape index (κ2) is 15.6. The fourth-order valence-corrected chi connectivity index (χ4v) is 6.26. The summed E-state index contributed by atoms with van der Waals surface area (Å²) < 4.78 is 39.6. The van der Waals surface area contributed by atoms with E-state index in [-0.39, 0.29) is 17.1 Å². The molecule has 3 saturated heterocycles. The molecule has 0 spiro atoms. The van der Waals surface area contributed by atoms with E-state index in [1.54, 1.807) is 0 Å². The lowest BCUT2D eigenvalue weighted by atomic mass is 9.97. The van der Waals surface area contributed by atoms with Crippen molar-refractivity contribution in [1.29, 1.82) is 0 Å². The van der Waals surface area contributed by atoms with Crippen molar-refractivity contribution in [1.82, 2.24) is 0 Å². The number of aromatic hydroxyl groups is 2. The number of hydrogen-bond donors (Lipinski definition) is 12. The van der Waals surface area contributed by atoms with E-state index in [9.17, 15) is 66.1 Å². The van der Waals surface area contributed by atoms with Gasteiger partial charge in [0.1, 0.15) is 89.6 Å². The van der Waals surface area contributed by atoms with Crippen LogP contribution in [-0.2, 0) is 18.9 Å². The highest BCUT2D eigenvalue weighted by Gasteiger charge is 2.51. The fourth-order valence-electron chi connectivity index (χ4n) is 6.26. The molecular weight excluding hydrogens is 716 g/mol. The van der Waals surface area contributed by atoms with Crippen LogP contribution in [0.5, 0.6) is 23.0 Å². The Labute approximate surface area is 298 Å². The van der Waals surface area contributed by atoms with Crippen LogP contribution < -0.4 is 14.9 Å². The molecule has 0 amide bonds. The molecule has 292 valence electrons. The molecule has 4 heterocycles. The van der Waals surface area contributed by atoms with Crippen LogP contribution in [0.15, 0.2) is 45.6 Å². The second-order valence-electron chi connectivity index (χ2n) is 12.9. The first kappa shape index (κ1) is 39.0. The molecule has 20 nitrogen and oxygen atoms in total. The van der Waals surface area contributed by atoms with Crippen molar-refractivity contribution in [3.8, 4) is 34.3 Å². The van der Waals surface area contributed by atoms with Gasteiger partial charge in [0.25, 0.3) is 0 Å². The SMILES string of the molecule is C[C@H]1O[C@@H](Oc2c(O[C@H]3O[C@H](CO)[C@@H](O)[C@H](O)[C@H]3O)cc3oc(-c4ccc(O)cc4)cc(=O)c3c2O)[C@H](O)[C@H](O)[C@H]1O[C@H]1O[C@H](CO)[C@@H](O)[C@H](O)[C@H]1O. The maximum atomic E-state index is 13.4. The van der Waals surface area contributed by atoms with E-state index in [1.165, 1.54) is 31.2 Å². The van der Waals surface area contributed by atoms with Crippen LogP contribution in [0.25, 0.3) is 22.3 Å². The maximum absolute atomic E-state index is 13.4. The van der Waals surface area contributed by atoms with E-state index >= 15 is 0 Å². The summed E-state index contributed by atoms with van der Waals surface area (Å²) in [7, 11) is 0. The zero-order chi connectivity index (χ0) is 38.5. The number of ether oxygens (including phenoxy) is 6. The van der Waals surface area contributed by atoms with E-state index < -0.39 is 133 Å². The molecule has 3 aliphatic heterocycles. The van der Waals surface area contributed by atoms with E-state index in [0.29, 0.717) is 5.56 Å². The molecule has 0 saturated carbocycles. The monoisotopic (exact) mass is 756 g/mol. The van der Waals surface area contributed by atoms with E-state index in [4.69, 9.17) is 32.8 Å². The number of phenolic OH excluding ortho intramolecular Hbond substituents is 2. The topological polar surface area (TPSA) is 328 Å². The summed E-state index contributed by atoms with van der Waals surface area (Å²) in [5, 5.41) is 124. The first-order valence-corrected chi connectivity index (χ1v) is 16.4. The van der Waals surface area contributed by atoms with Gasteiger partial charge in [-0.2, -0.15) is 0 Å². The second-order valence-corrected chi connectivity index (χ2v) is 12.9. The van der Waals surface area contributed by atoms with E-state index in [1.807, 2.05) is 0 Å². The van der Waals surface area contributed by atoms with Crippen molar-refractivity contribution in [3.63, 3.8) is 0 Å². The van der Waals surface area contributed by atoms with Crippen LogP contribution in [0, 0.1) is 0 Å². The first-order valence-electron chi connectivity index (χ1n) is 16.4. The Morgan fingerprint density at radius 1 is 0.660 bits per heavy atom. The lowest BCUT2D eigenvalue weighted by molar-refractivity contribution is -0.349. The van der Waals surface area contributed by atoms with Crippen LogP contribution >= 0.6 is 0 Å². The van der Waals surface area contributed by atoms with E-state index in [2.05, 4.69) is 0 Å². The van der Waals surface area contributed by atoms with Gasteiger partial charge in [-0.1, -0.05) is 0 Å². The lowest BCUT2D eigenvalue weighted by Gasteiger charge is -2.45. The van der Waals surface area contributed by atoms with Gasteiger partial charge in [0.2, 0.25) is 18.3 Å². The standard InChI is InChI=1S/C33H40O20/c1-10-29(52-33-27(45)24(42)21(39)18(9-35)51-33)25(43)28(46)31(47-10)53-30-16(49-32-26(44)23(41)20(38)17(8-34)50-32)7-15-19(22(30)40)13(37)6-14(48-15)11-2-4-12(36)5-3-11/h2-7,10,17-18,20-21,23-29,31-36,38-46H,8-9H2,1H3/t10-,17-,18-,20-,21-,23+,24+,25+,26-,27-,28-,29+,31+,32+,33-/m1/s1. The summed E-state index contributed by atoms with van der Waals surface area (Å²) in [5.41, 5.74) is -0.765. The molecule has 3 aliphatic rings. The van der Waals surface area contributed by atoms with Gasteiger partial charge in [0, 0.05) is 17.7 Å². The third-order valence-corrected chi connectivity index (χ3v) is 9.31. The van der Waals surface area contributed by atoms with Gasteiger partial charge in [-0.15, -0.1) is 0 Å². The van der Waals surface area contributed by atoms with E-state index in [0.717, 1.165) is 12.1 Å². The smallest absolute Gasteiger partial charge is 0.229 e. The molecule has 15 atom stereocenters. The van der Waals surface area contributed by atoms with Crippen LogP contribution in [0.2, 0.25) is 0 Å².